The first-order valence-corrected chi connectivity index (χ1v) is 11.2. The summed E-state index contributed by atoms with van der Waals surface area (Å²) in [6.07, 6.45) is 2.93. The molecule has 1 fully saturated rings. The molecule has 0 spiro atoms. The molecule has 1 aliphatic heterocycles. The fourth-order valence-corrected chi connectivity index (χ4v) is 4.19. The normalized spacial score (nSPS) is 14.2. The summed E-state index contributed by atoms with van der Waals surface area (Å²) in [6, 6.07) is 13.0. The number of likely N-dealkylation sites (N-methyl/N-ethyl adjacent to an activating group) is 1. The van der Waals surface area contributed by atoms with E-state index in [0.29, 0.717) is 38.1 Å². The van der Waals surface area contributed by atoms with Gasteiger partial charge in [-0.15, -0.1) is 0 Å². The largest absolute Gasteiger partial charge is 0.466 e. The highest BCUT2D eigenvalue weighted by atomic mass is 32.2. The third-order valence-corrected chi connectivity index (χ3v) is 6.11. The molecule has 0 atom stereocenters. The van der Waals surface area contributed by atoms with Gasteiger partial charge in [-0.2, -0.15) is 0 Å². The SMILES string of the molecule is CCOC(=O)C1CCN(C(=O)CN(C)C(=O)c2ccc(Sc3ccccn3)cc2)CC1. The smallest absolute Gasteiger partial charge is 0.309 e. The van der Waals surface area contributed by atoms with Crippen LogP contribution < -0.4 is 0 Å². The Morgan fingerprint density at radius 2 is 1.84 bits per heavy atom. The molecule has 1 aromatic carbocycles. The van der Waals surface area contributed by atoms with E-state index in [1.807, 2.05) is 30.3 Å². The molecule has 1 saturated heterocycles. The molecule has 3 rings (SSSR count). The van der Waals surface area contributed by atoms with Crippen LogP contribution in [0.2, 0.25) is 0 Å². The monoisotopic (exact) mass is 441 g/mol. The summed E-state index contributed by atoms with van der Waals surface area (Å²) in [4.78, 5) is 45.6. The van der Waals surface area contributed by atoms with Crippen LogP contribution >= 0.6 is 11.8 Å². The number of pyridine rings is 1. The Morgan fingerprint density at radius 1 is 1.13 bits per heavy atom. The van der Waals surface area contributed by atoms with E-state index in [-0.39, 0.29) is 30.2 Å². The quantitative estimate of drug-likeness (QED) is 0.615. The molecule has 31 heavy (non-hydrogen) atoms. The molecule has 0 N–H and O–H groups in total. The Balaban J connectivity index is 1.50. The third kappa shape index (κ3) is 6.30. The Labute approximate surface area is 186 Å². The highest BCUT2D eigenvalue weighted by molar-refractivity contribution is 7.99. The number of rotatable bonds is 7. The predicted molar refractivity (Wildman–Crippen MR) is 118 cm³/mol. The molecular weight excluding hydrogens is 414 g/mol. The zero-order valence-corrected chi connectivity index (χ0v) is 18.6. The average molecular weight is 442 g/mol. The number of carbonyl (C=O) groups excluding carboxylic acids is 3. The summed E-state index contributed by atoms with van der Waals surface area (Å²) in [5.74, 6) is -0.651. The Kier molecular flexibility index (Phi) is 8.06. The summed E-state index contributed by atoms with van der Waals surface area (Å²) in [7, 11) is 1.63. The lowest BCUT2D eigenvalue weighted by molar-refractivity contribution is -0.151. The van der Waals surface area contributed by atoms with Gasteiger partial charge in [-0.05, 0) is 56.2 Å². The van der Waals surface area contributed by atoms with E-state index >= 15 is 0 Å². The van der Waals surface area contributed by atoms with E-state index in [9.17, 15) is 14.4 Å². The predicted octanol–water partition coefficient (Wildman–Crippen LogP) is 3.11. The number of piperidine rings is 1. The molecular formula is C23H27N3O4S. The minimum Gasteiger partial charge on any atom is -0.466 e. The maximum atomic E-state index is 12.7. The van der Waals surface area contributed by atoms with Crippen molar-refractivity contribution in [2.45, 2.75) is 29.7 Å². The second-order valence-corrected chi connectivity index (χ2v) is 8.46. The lowest BCUT2D eigenvalue weighted by Gasteiger charge is -2.32. The van der Waals surface area contributed by atoms with Gasteiger partial charge in [-0.25, -0.2) is 4.98 Å². The minimum atomic E-state index is -0.204. The summed E-state index contributed by atoms with van der Waals surface area (Å²) in [5, 5.41) is 0.885. The lowest BCUT2D eigenvalue weighted by atomic mass is 9.97. The number of amides is 2. The summed E-state index contributed by atoms with van der Waals surface area (Å²) >= 11 is 1.52. The molecule has 2 heterocycles. The minimum absolute atomic E-state index is 0.00728. The van der Waals surface area contributed by atoms with Crippen molar-refractivity contribution < 1.29 is 19.1 Å². The van der Waals surface area contributed by atoms with Gasteiger partial charge in [0.25, 0.3) is 5.91 Å². The number of esters is 1. The number of aromatic nitrogens is 1. The van der Waals surface area contributed by atoms with Gasteiger partial charge in [0.2, 0.25) is 5.91 Å². The van der Waals surface area contributed by atoms with Gasteiger partial charge in [0.1, 0.15) is 5.03 Å². The van der Waals surface area contributed by atoms with Crippen LogP contribution in [-0.2, 0) is 14.3 Å². The summed E-state index contributed by atoms with van der Waals surface area (Å²) in [5.41, 5.74) is 0.529. The van der Waals surface area contributed by atoms with Crippen LogP contribution in [0.3, 0.4) is 0 Å². The molecule has 0 unspecified atom stereocenters. The van der Waals surface area contributed by atoms with Crippen LogP contribution in [0.15, 0.2) is 58.6 Å². The van der Waals surface area contributed by atoms with E-state index < -0.39 is 0 Å². The molecule has 0 radical (unpaired) electrons. The van der Waals surface area contributed by atoms with Crippen molar-refractivity contribution in [2.24, 2.45) is 5.92 Å². The highest BCUT2D eigenvalue weighted by Crippen LogP contribution is 2.26. The van der Waals surface area contributed by atoms with Gasteiger partial charge < -0.3 is 14.5 Å². The zero-order chi connectivity index (χ0) is 22.2. The van der Waals surface area contributed by atoms with Crippen molar-refractivity contribution >= 4 is 29.5 Å². The number of benzene rings is 1. The summed E-state index contributed by atoms with van der Waals surface area (Å²) < 4.78 is 5.06. The second-order valence-electron chi connectivity index (χ2n) is 7.36. The molecule has 8 heteroatoms. The van der Waals surface area contributed by atoms with Crippen LogP contribution in [0.4, 0.5) is 0 Å². The molecule has 1 aliphatic rings. The van der Waals surface area contributed by atoms with Crippen molar-refractivity contribution in [1.29, 1.82) is 0 Å². The number of carbonyl (C=O) groups is 3. The molecule has 2 aromatic rings. The van der Waals surface area contributed by atoms with Crippen LogP contribution in [-0.4, -0.2) is 65.9 Å². The van der Waals surface area contributed by atoms with Crippen molar-refractivity contribution in [1.82, 2.24) is 14.8 Å². The first kappa shape index (κ1) is 22.8. The summed E-state index contributed by atoms with van der Waals surface area (Å²) in [6.45, 7) is 3.17. The maximum absolute atomic E-state index is 12.7. The zero-order valence-electron chi connectivity index (χ0n) is 17.8. The third-order valence-electron chi connectivity index (χ3n) is 5.15. The van der Waals surface area contributed by atoms with E-state index in [4.69, 9.17) is 4.74 Å². The molecule has 7 nitrogen and oxygen atoms in total. The number of nitrogens with zero attached hydrogens (tertiary/aromatic N) is 3. The van der Waals surface area contributed by atoms with Crippen molar-refractivity contribution in [3.05, 3.63) is 54.2 Å². The van der Waals surface area contributed by atoms with Gasteiger partial charge in [-0.1, -0.05) is 17.8 Å². The molecule has 0 bridgehead atoms. The van der Waals surface area contributed by atoms with Crippen LogP contribution in [0.5, 0.6) is 0 Å². The first-order chi connectivity index (χ1) is 15.0. The van der Waals surface area contributed by atoms with E-state index in [1.165, 1.54) is 16.7 Å². The van der Waals surface area contributed by atoms with Crippen molar-refractivity contribution in [3.63, 3.8) is 0 Å². The molecule has 1 aromatic heterocycles. The number of hydrogen-bond acceptors (Lipinski definition) is 6. The van der Waals surface area contributed by atoms with E-state index in [2.05, 4.69) is 4.98 Å². The molecule has 2 amide bonds. The Morgan fingerprint density at radius 3 is 2.45 bits per heavy atom. The van der Waals surface area contributed by atoms with Crippen LogP contribution in [0.1, 0.15) is 30.1 Å². The van der Waals surface area contributed by atoms with Gasteiger partial charge in [-0.3, -0.25) is 14.4 Å². The Bertz CT molecular complexity index is 897. The van der Waals surface area contributed by atoms with Gasteiger partial charge >= 0.3 is 5.97 Å². The average Bonchev–Trinajstić information content (AvgIpc) is 2.80. The second kappa shape index (κ2) is 10.9. The van der Waals surface area contributed by atoms with Crippen LogP contribution in [0, 0.1) is 5.92 Å². The maximum Gasteiger partial charge on any atom is 0.309 e. The highest BCUT2D eigenvalue weighted by Gasteiger charge is 2.29. The molecule has 164 valence electrons. The lowest BCUT2D eigenvalue weighted by Crippen LogP contribution is -2.45. The van der Waals surface area contributed by atoms with E-state index in [1.54, 1.807) is 37.2 Å². The number of hydrogen-bond donors (Lipinski definition) is 0. The van der Waals surface area contributed by atoms with Gasteiger partial charge in [0, 0.05) is 36.8 Å². The standard InChI is InChI=1S/C23H27N3O4S/c1-3-30-23(29)18-11-14-26(15-12-18)21(27)16-25(2)22(28)17-7-9-19(10-8-17)31-20-6-4-5-13-24-20/h4-10,13,18H,3,11-12,14-16H2,1-2H3. The van der Waals surface area contributed by atoms with Gasteiger partial charge in [0.05, 0.1) is 19.1 Å². The number of likely N-dealkylation sites (tertiary alicyclic amines) is 1. The Hall–Kier alpha value is -2.87. The van der Waals surface area contributed by atoms with E-state index in [0.717, 1.165) is 9.92 Å². The van der Waals surface area contributed by atoms with Crippen LogP contribution in [0.25, 0.3) is 0 Å². The van der Waals surface area contributed by atoms with Crippen molar-refractivity contribution in [2.75, 3.05) is 33.3 Å². The first-order valence-electron chi connectivity index (χ1n) is 10.4. The molecule has 0 aliphatic carbocycles. The van der Waals surface area contributed by atoms with Crippen molar-refractivity contribution in [3.8, 4) is 0 Å². The number of ether oxygens (including phenoxy) is 1. The van der Waals surface area contributed by atoms with Gasteiger partial charge in [0.15, 0.2) is 0 Å². The molecule has 0 saturated carbocycles. The fraction of sp³-hybridized carbons (Fsp3) is 0.391. The fourth-order valence-electron chi connectivity index (χ4n) is 3.41. The topological polar surface area (TPSA) is 79.8 Å².